The largest absolute Gasteiger partial charge is 0.497 e. The van der Waals surface area contributed by atoms with Gasteiger partial charge in [0.2, 0.25) is 0 Å². The molecule has 0 aromatic heterocycles. The summed E-state index contributed by atoms with van der Waals surface area (Å²) in [7, 11) is 1.59. The molecule has 0 atom stereocenters. The van der Waals surface area contributed by atoms with Gasteiger partial charge in [0.25, 0.3) is 11.8 Å². The van der Waals surface area contributed by atoms with Gasteiger partial charge in [-0.3, -0.25) is 9.59 Å². The van der Waals surface area contributed by atoms with Crippen LogP contribution in [0.15, 0.2) is 78.5 Å². The van der Waals surface area contributed by atoms with Crippen molar-refractivity contribution in [1.82, 2.24) is 0 Å². The van der Waals surface area contributed by atoms with Gasteiger partial charge < -0.3 is 10.1 Å². The summed E-state index contributed by atoms with van der Waals surface area (Å²) in [4.78, 5) is 28.1. The number of carbonyl (C=O) groups excluding carboxylic acids is 2. The SMILES string of the molecule is COc1ccc(C2=C(Nc3ccccc3)C(=O)N(c3ccc(C)c(C)c3)C2=O)cc1. The zero-order chi connectivity index (χ0) is 21.3. The van der Waals surface area contributed by atoms with Crippen LogP contribution < -0.4 is 15.0 Å². The number of hydrogen-bond acceptors (Lipinski definition) is 4. The number of nitrogens with one attached hydrogen (secondary N) is 1. The summed E-state index contributed by atoms with van der Waals surface area (Å²) in [6, 6.07) is 22.1. The van der Waals surface area contributed by atoms with Crippen LogP contribution in [0.5, 0.6) is 5.75 Å². The molecule has 150 valence electrons. The van der Waals surface area contributed by atoms with Gasteiger partial charge in [-0.1, -0.05) is 36.4 Å². The number of carbonyl (C=O) groups is 2. The van der Waals surface area contributed by atoms with E-state index in [1.165, 1.54) is 4.90 Å². The van der Waals surface area contributed by atoms with Crippen LogP contribution in [0.1, 0.15) is 16.7 Å². The van der Waals surface area contributed by atoms with E-state index < -0.39 is 0 Å². The summed E-state index contributed by atoms with van der Waals surface area (Å²) in [5.74, 6) is -0.0514. The molecule has 0 unspecified atom stereocenters. The van der Waals surface area contributed by atoms with Crippen molar-refractivity contribution in [2.45, 2.75) is 13.8 Å². The number of aryl methyl sites for hydroxylation is 2. The Kier molecular flexibility index (Phi) is 5.11. The lowest BCUT2D eigenvalue weighted by molar-refractivity contribution is -0.120. The first-order valence-corrected chi connectivity index (χ1v) is 9.66. The first kappa shape index (κ1) is 19.5. The Morgan fingerprint density at radius 3 is 2.13 bits per heavy atom. The minimum absolute atomic E-state index is 0.259. The smallest absolute Gasteiger partial charge is 0.282 e. The van der Waals surface area contributed by atoms with Crippen LogP contribution in [-0.2, 0) is 9.59 Å². The standard InChI is InChI=1S/C25H22N2O3/c1-16-9-12-20(15-17(16)2)27-24(28)22(18-10-13-21(30-3)14-11-18)23(25(27)29)26-19-7-5-4-6-8-19/h4-15,26H,1-3H3. The fourth-order valence-electron chi connectivity index (χ4n) is 3.44. The Balaban J connectivity index is 1.81. The van der Waals surface area contributed by atoms with Gasteiger partial charge in [-0.05, 0) is 66.9 Å². The fraction of sp³-hybridized carbons (Fsp3) is 0.120. The maximum atomic E-state index is 13.4. The van der Waals surface area contributed by atoms with Gasteiger partial charge in [0.05, 0.1) is 18.4 Å². The minimum atomic E-state index is -0.377. The molecule has 1 aliphatic rings. The number of imide groups is 1. The molecule has 0 bridgehead atoms. The predicted octanol–water partition coefficient (Wildman–Crippen LogP) is 4.71. The van der Waals surface area contributed by atoms with Crippen LogP contribution in [0, 0.1) is 13.8 Å². The van der Waals surface area contributed by atoms with Crippen LogP contribution in [0.25, 0.3) is 5.57 Å². The average molecular weight is 398 g/mol. The Morgan fingerprint density at radius 2 is 1.50 bits per heavy atom. The van der Waals surface area contributed by atoms with E-state index in [1.54, 1.807) is 37.4 Å². The molecule has 1 heterocycles. The fourth-order valence-corrected chi connectivity index (χ4v) is 3.44. The predicted molar refractivity (Wildman–Crippen MR) is 118 cm³/mol. The average Bonchev–Trinajstić information content (AvgIpc) is 3.00. The molecule has 0 aliphatic carbocycles. The zero-order valence-electron chi connectivity index (χ0n) is 17.1. The number of ether oxygens (including phenoxy) is 1. The number of anilines is 2. The number of benzene rings is 3. The number of methoxy groups -OCH3 is 1. The van der Waals surface area contributed by atoms with Crippen molar-refractivity contribution in [2.75, 3.05) is 17.3 Å². The summed E-state index contributed by atoms with van der Waals surface area (Å²) >= 11 is 0. The molecule has 30 heavy (non-hydrogen) atoms. The Bertz CT molecular complexity index is 1150. The molecule has 3 aromatic carbocycles. The number of amides is 2. The van der Waals surface area contributed by atoms with Crippen molar-refractivity contribution in [1.29, 1.82) is 0 Å². The molecule has 4 rings (SSSR count). The highest BCUT2D eigenvalue weighted by molar-refractivity contribution is 6.46. The molecule has 0 saturated carbocycles. The van der Waals surface area contributed by atoms with E-state index in [9.17, 15) is 9.59 Å². The highest BCUT2D eigenvalue weighted by atomic mass is 16.5. The van der Waals surface area contributed by atoms with Gasteiger partial charge in [0.1, 0.15) is 11.4 Å². The van der Waals surface area contributed by atoms with E-state index in [0.29, 0.717) is 22.6 Å². The second kappa shape index (κ2) is 7.87. The summed E-state index contributed by atoms with van der Waals surface area (Å²) in [6.45, 7) is 3.96. The molecule has 3 aromatic rings. The highest BCUT2D eigenvalue weighted by Crippen LogP contribution is 2.34. The van der Waals surface area contributed by atoms with Crippen LogP contribution in [0.4, 0.5) is 11.4 Å². The van der Waals surface area contributed by atoms with Crippen molar-refractivity contribution in [2.24, 2.45) is 0 Å². The van der Waals surface area contributed by atoms with Gasteiger partial charge in [-0.25, -0.2) is 4.90 Å². The van der Waals surface area contributed by atoms with Gasteiger partial charge in [0.15, 0.2) is 0 Å². The van der Waals surface area contributed by atoms with E-state index in [-0.39, 0.29) is 17.5 Å². The molecule has 5 nitrogen and oxygen atoms in total. The van der Waals surface area contributed by atoms with Crippen LogP contribution >= 0.6 is 0 Å². The van der Waals surface area contributed by atoms with Crippen molar-refractivity contribution in [3.05, 3.63) is 95.2 Å². The molecular weight excluding hydrogens is 376 g/mol. The van der Waals surface area contributed by atoms with Gasteiger partial charge in [-0.15, -0.1) is 0 Å². The number of rotatable bonds is 5. The lowest BCUT2D eigenvalue weighted by atomic mass is 10.0. The van der Waals surface area contributed by atoms with E-state index in [2.05, 4.69) is 5.32 Å². The molecule has 1 aliphatic heterocycles. The molecular formula is C25H22N2O3. The Morgan fingerprint density at radius 1 is 0.800 bits per heavy atom. The molecule has 0 radical (unpaired) electrons. The third-order valence-electron chi connectivity index (χ3n) is 5.25. The summed E-state index contributed by atoms with van der Waals surface area (Å²) in [6.07, 6.45) is 0. The normalized spacial score (nSPS) is 13.8. The van der Waals surface area contributed by atoms with Crippen LogP contribution in [-0.4, -0.2) is 18.9 Å². The zero-order valence-corrected chi connectivity index (χ0v) is 17.1. The van der Waals surface area contributed by atoms with E-state index in [4.69, 9.17) is 4.74 Å². The Hall–Kier alpha value is -3.86. The highest BCUT2D eigenvalue weighted by Gasteiger charge is 2.40. The van der Waals surface area contributed by atoms with E-state index in [0.717, 1.165) is 16.8 Å². The van der Waals surface area contributed by atoms with Crippen molar-refractivity contribution in [3.8, 4) is 5.75 Å². The van der Waals surface area contributed by atoms with Crippen molar-refractivity contribution >= 4 is 28.8 Å². The van der Waals surface area contributed by atoms with Gasteiger partial charge >= 0.3 is 0 Å². The number of hydrogen-bond donors (Lipinski definition) is 1. The molecule has 0 fully saturated rings. The van der Waals surface area contributed by atoms with Crippen molar-refractivity contribution in [3.63, 3.8) is 0 Å². The van der Waals surface area contributed by atoms with E-state index in [1.807, 2.05) is 56.3 Å². The van der Waals surface area contributed by atoms with Gasteiger partial charge in [0, 0.05) is 5.69 Å². The second-order valence-corrected chi connectivity index (χ2v) is 7.18. The molecule has 5 heteroatoms. The summed E-state index contributed by atoms with van der Waals surface area (Å²) in [5, 5.41) is 3.16. The van der Waals surface area contributed by atoms with E-state index >= 15 is 0 Å². The van der Waals surface area contributed by atoms with Crippen molar-refractivity contribution < 1.29 is 14.3 Å². The lowest BCUT2D eigenvalue weighted by Gasteiger charge is -2.17. The summed E-state index contributed by atoms with van der Waals surface area (Å²) < 4.78 is 5.22. The van der Waals surface area contributed by atoms with Crippen LogP contribution in [0.3, 0.4) is 0 Å². The third-order valence-corrected chi connectivity index (χ3v) is 5.25. The second-order valence-electron chi connectivity index (χ2n) is 7.18. The van der Waals surface area contributed by atoms with Crippen LogP contribution in [0.2, 0.25) is 0 Å². The topological polar surface area (TPSA) is 58.6 Å². The first-order chi connectivity index (χ1) is 14.5. The molecule has 1 N–H and O–H groups in total. The monoisotopic (exact) mass is 398 g/mol. The Labute approximate surface area is 175 Å². The number of para-hydroxylation sites is 1. The molecule has 2 amide bonds. The third kappa shape index (κ3) is 3.46. The molecule has 0 saturated heterocycles. The van der Waals surface area contributed by atoms with Gasteiger partial charge in [-0.2, -0.15) is 0 Å². The maximum absolute atomic E-state index is 13.4. The minimum Gasteiger partial charge on any atom is -0.497 e. The molecule has 0 spiro atoms. The maximum Gasteiger partial charge on any atom is 0.282 e. The first-order valence-electron chi connectivity index (χ1n) is 9.66. The number of nitrogens with zero attached hydrogens (tertiary/aromatic N) is 1. The summed E-state index contributed by atoms with van der Waals surface area (Å²) in [5.41, 5.74) is 4.66. The quantitative estimate of drug-likeness (QED) is 0.633. The lowest BCUT2D eigenvalue weighted by Crippen LogP contribution is -2.32.